The van der Waals surface area contributed by atoms with E-state index in [1.165, 1.54) is 0 Å². The average molecular weight is 273 g/mol. The van der Waals surface area contributed by atoms with Crippen LogP contribution in [0.25, 0.3) is 11.4 Å². The van der Waals surface area contributed by atoms with Crippen molar-refractivity contribution >= 4 is 5.69 Å². The highest BCUT2D eigenvalue weighted by atomic mass is 16.5. The van der Waals surface area contributed by atoms with Crippen LogP contribution in [-0.4, -0.2) is 33.4 Å². The summed E-state index contributed by atoms with van der Waals surface area (Å²) >= 11 is 0. The first-order valence-electron chi connectivity index (χ1n) is 6.98. The molecule has 6 heteroatoms. The van der Waals surface area contributed by atoms with E-state index in [4.69, 9.17) is 10.5 Å². The minimum absolute atomic E-state index is 0.239. The molecule has 0 bridgehead atoms. The fraction of sp³-hybridized carbons (Fsp3) is 0.500. The molecule has 20 heavy (non-hydrogen) atoms. The Hall–Kier alpha value is -1.95. The summed E-state index contributed by atoms with van der Waals surface area (Å²) in [6.07, 6.45) is 2.09. The molecule has 1 unspecified atom stereocenters. The van der Waals surface area contributed by atoms with Crippen LogP contribution in [0.15, 0.2) is 24.3 Å². The summed E-state index contributed by atoms with van der Waals surface area (Å²) in [5, 5.41) is 12.2. The van der Waals surface area contributed by atoms with Crippen molar-refractivity contribution in [2.24, 2.45) is 5.92 Å². The van der Waals surface area contributed by atoms with E-state index in [1.807, 2.05) is 28.9 Å². The first kappa shape index (κ1) is 13.1. The number of nitrogens with zero attached hydrogens (tertiary/aromatic N) is 4. The van der Waals surface area contributed by atoms with Gasteiger partial charge in [-0.3, -0.25) is 0 Å². The molecule has 1 atom stereocenters. The van der Waals surface area contributed by atoms with Crippen LogP contribution in [0.2, 0.25) is 0 Å². The van der Waals surface area contributed by atoms with Crippen molar-refractivity contribution in [2.75, 3.05) is 18.9 Å². The second-order valence-electron chi connectivity index (χ2n) is 5.22. The lowest BCUT2D eigenvalue weighted by atomic mass is 9.93. The molecule has 0 aliphatic carbocycles. The molecule has 106 valence electrons. The van der Waals surface area contributed by atoms with Crippen molar-refractivity contribution in [1.82, 2.24) is 20.2 Å². The molecule has 1 saturated heterocycles. The van der Waals surface area contributed by atoms with Crippen LogP contribution in [0.4, 0.5) is 5.69 Å². The van der Waals surface area contributed by atoms with Crippen LogP contribution in [0.1, 0.15) is 25.8 Å². The molecule has 2 aromatic rings. The Kier molecular flexibility index (Phi) is 3.64. The lowest BCUT2D eigenvalue weighted by molar-refractivity contribution is 0.0495. The van der Waals surface area contributed by atoms with Crippen molar-refractivity contribution in [2.45, 2.75) is 25.8 Å². The van der Waals surface area contributed by atoms with Gasteiger partial charge in [-0.25, -0.2) is 4.68 Å². The van der Waals surface area contributed by atoms with E-state index in [0.717, 1.165) is 37.4 Å². The Labute approximate surface area is 117 Å². The predicted molar refractivity (Wildman–Crippen MR) is 75.9 cm³/mol. The molecule has 1 aliphatic heterocycles. The Morgan fingerprint density at radius 2 is 2.05 bits per heavy atom. The first-order valence-corrected chi connectivity index (χ1v) is 6.98. The molecule has 1 aliphatic rings. The van der Waals surface area contributed by atoms with Crippen LogP contribution in [0.5, 0.6) is 0 Å². The second-order valence-corrected chi connectivity index (χ2v) is 5.22. The maximum absolute atomic E-state index is 6.03. The number of para-hydroxylation sites is 1. The second kappa shape index (κ2) is 5.58. The Bertz CT molecular complexity index is 576. The summed E-state index contributed by atoms with van der Waals surface area (Å²) in [6, 6.07) is 7.92. The van der Waals surface area contributed by atoms with Crippen molar-refractivity contribution < 1.29 is 4.74 Å². The predicted octanol–water partition coefficient (Wildman–Crippen LogP) is 1.91. The number of hydrogen-bond acceptors (Lipinski definition) is 5. The number of nitrogens with two attached hydrogens (primary N) is 1. The molecule has 3 rings (SSSR count). The van der Waals surface area contributed by atoms with Gasteiger partial charge >= 0.3 is 0 Å². The first-order chi connectivity index (χ1) is 9.77. The summed E-state index contributed by atoms with van der Waals surface area (Å²) in [7, 11) is 0. The number of hydrogen-bond donors (Lipinski definition) is 1. The van der Waals surface area contributed by atoms with E-state index < -0.39 is 0 Å². The number of anilines is 1. The van der Waals surface area contributed by atoms with Gasteiger partial charge in [-0.2, -0.15) is 0 Å². The van der Waals surface area contributed by atoms with E-state index in [1.54, 1.807) is 0 Å². The Morgan fingerprint density at radius 1 is 1.30 bits per heavy atom. The van der Waals surface area contributed by atoms with Gasteiger partial charge in [0.15, 0.2) is 5.82 Å². The number of nitrogen functional groups attached to an aromatic ring is 1. The molecule has 0 amide bonds. The lowest BCUT2D eigenvalue weighted by Gasteiger charge is -2.28. The third-order valence-electron chi connectivity index (χ3n) is 4.03. The van der Waals surface area contributed by atoms with E-state index in [2.05, 4.69) is 22.4 Å². The molecular weight excluding hydrogens is 254 g/mol. The van der Waals surface area contributed by atoms with Crippen LogP contribution in [0, 0.1) is 5.92 Å². The largest absolute Gasteiger partial charge is 0.398 e. The fourth-order valence-electron chi connectivity index (χ4n) is 2.74. The number of benzene rings is 1. The van der Waals surface area contributed by atoms with Crippen molar-refractivity contribution in [3.63, 3.8) is 0 Å². The Balaban J connectivity index is 1.92. The van der Waals surface area contributed by atoms with Crippen LogP contribution in [-0.2, 0) is 4.74 Å². The Morgan fingerprint density at radius 3 is 2.80 bits per heavy atom. The molecule has 0 spiro atoms. The van der Waals surface area contributed by atoms with E-state index >= 15 is 0 Å². The zero-order chi connectivity index (χ0) is 13.9. The standard InChI is InChI=1S/C14H19N5O/c1-10(11-6-8-20-9-7-11)19-14(16-17-18-19)12-4-2-3-5-13(12)15/h2-5,10-11H,6-9,15H2,1H3. The molecule has 2 N–H and O–H groups in total. The monoisotopic (exact) mass is 273 g/mol. The van der Waals surface area contributed by atoms with Gasteiger partial charge < -0.3 is 10.5 Å². The fourth-order valence-corrected chi connectivity index (χ4v) is 2.74. The van der Waals surface area contributed by atoms with Gasteiger partial charge in [0, 0.05) is 24.5 Å². The lowest BCUT2D eigenvalue weighted by Crippen LogP contribution is -2.25. The highest BCUT2D eigenvalue weighted by molar-refractivity contribution is 5.71. The minimum atomic E-state index is 0.239. The molecule has 6 nitrogen and oxygen atoms in total. The summed E-state index contributed by atoms with van der Waals surface area (Å²) in [5.41, 5.74) is 7.61. The highest BCUT2D eigenvalue weighted by Crippen LogP contribution is 2.31. The van der Waals surface area contributed by atoms with Gasteiger partial charge in [0.2, 0.25) is 0 Å². The number of ether oxygens (including phenoxy) is 1. The summed E-state index contributed by atoms with van der Waals surface area (Å²) in [5.74, 6) is 1.28. The molecule has 2 heterocycles. The van der Waals surface area contributed by atoms with Crippen LogP contribution in [0.3, 0.4) is 0 Å². The molecular formula is C14H19N5O. The molecule has 0 saturated carbocycles. The van der Waals surface area contributed by atoms with Crippen molar-refractivity contribution in [3.05, 3.63) is 24.3 Å². The van der Waals surface area contributed by atoms with Gasteiger partial charge in [0.05, 0.1) is 6.04 Å². The van der Waals surface area contributed by atoms with Gasteiger partial charge in [0.1, 0.15) is 0 Å². The van der Waals surface area contributed by atoms with Gasteiger partial charge in [-0.15, -0.1) is 5.10 Å². The minimum Gasteiger partial charge on any atom is -0.398 e. The quantitative estimate of drug-likeness (QED) is 0.864. The summed E-state index contributed by atoms with van der Waals surface area (Å²) in [4.78, 5) is 0. The molecule has 0 radical (unpaired) electrons. The maximum Gasteiger partial charge on any atom is 0.184 e. The third kappa shape index (κ3) is 2.38. The number of tetrazole rings is 1. The van der Waals surface area contributed by atoms with Crippen molar-refractivity contribution in [1.29, 1.82) is 0 Å². The summed E-state index contributed by atoms with van der Waals surface area (Å²) < 4.78 is 7.31. The van der Waals surface area contributed by atoms with Gasteiger partial charge in [-0.05, 0) is 48.2 Å². The SMILES string of the molecule is CC(C1CCOCC1)n1nnnc1-c1ccccc1N. The van der Waals surface area contributed by atoms with Gasteiger partial charge in [0.25, 0.3) is 0 Å². The van der Waals surface area contributed by atoms with Crippen LogP contribution >= 0.6 is 0 Å². The number of rotatable bonds is 3. The average Bonchev–Trinajstić information content (AvgIpc) is 2.97. The highest BCUT2D eigenvalue weighted by Gasteiger charge is 2.25. The zero-order valence-corrected chi connectivity index (χ0v) is 11.6. The topological polar surface area (TPSA) is 78.8 Å². The van der Waals surface area contributed by atoms with E-state index in [0.29, 0.717) is 11.6 Å². The zero-order valence-electron chi connectivity index (χ0n) is 11.6. The molecule has 1 fully saturated rings. The van der Waals surface area contributed by atoms with Gasteiger partial charge in [-0.1, -0.05) is 12.1 Å². The molecule has 1 aromatic carbocycles. The normalized spacial score (nSPS) is 18.1. The molecule has 1 aromatic heterocycles. The smallest absolute Gasteiger partial charge is 0.184 e. The third-order valence-corrected chi connectivity index (χ3v) is 4.03. The number of aromatic nitrogens is 4. The van der Waals surface area contributed by atoms with Crippen LogP contribution < -0.4 is 5.73 Å². The van der Waals surface area contributed by atoms with E-state index in [-0.39, 0.29) is 6.04 Å². The van der Waals surface area contributed by atoms with Crippen molar-refractivity contribution in [3.8, 4) is 11.4 Å². The maximum atomic E-state index is 6.03. The summed E-state index contributed by atoms with van der Waals surface area (Å²) in [6.45, 7) is 3.80. The van der Waals surface area contributed by atoms with E-state index in [9.17, 15) is 0 Å².